The Bertz CT molecular complexity index is 563. The molecule has 1 heterocycles. The monoisotopic (exact) mass is 335 g/mol. The third-order valence-corrected chi connectivity index (χ3v) is 4.51. The fourth-order valence-electron chi connectivity index (χ4n) is 1.45. The number of anilines is 1. The highest BCUT2D eigenvalue weighted by atomic mass is 79.9. The van der Waals surface area contributed by atoms with Crippen LogP contribution in [0.25, 0.3) is 0 Å². The quantitative estimate of drug-likeness (QED) is 0.790. The summed E-state index contributed by atoms with van der Waals surface area (Å²) < 4.78 is 40.0. The lowest BCUT2D eigenvalue weighted by molar-refractivity contribution is 0.496. The van der Waals surface area contributed by atoms with Crippen LogP contribution in [-0.4, -0.2) is 0 Å². The number of rotatable bonds is 3. The molecule has 18 heavy (non-hydrogen) atoms. The van der Waals surface area contributed by atoms with E-state index >= 15 is 0 Å². The number of aryl methyl sites for hydroxylation is 1. The van der Waals surface area contributed by atoms with Crippen LogP contribution in [0.5, 0.6) is 0 Å². The van der Waals surface area contributed by atoms with Crippen LogP contribution in [-0.2, 0) is 6.54 Å². The lowest BCUT2D eigenvalue weighted by atomic mass is 10.2. The van der Waals surface area contributed by atoms with Gasteiger partial charge in [0.25, 0.3) is 0 Å². The van der Waals surface area contributed by atoms with Crippen molar-refractivity contribution in [3.8, 4) is 0 Å². The molecule has 0 saturated carbocycles. The van der Waals surface area contributed by atoms with Crippen LogP contribution in [0.4, 0.5) is 18.9 Å². The molecule has 0 bridgehead atoms. The third kappa shape index (κ3) is 2.87. The molecule has 0 amide bonds. The predicted molar refractivity (Wildman–Crippen MR) is 70.4 cm³/mol. The summed E-state index contributed by atoms with van der Waals surface area (Å²) in [5.74, 6) is -3.06. The maximum Gasteiger partial charge on any atom is 0.161 e. The van der Waals surface area contributed by atoms with Crippen LogP contribution in [0.3, 0.4) is 0 Å². The summed E-state index contributed by atoms with van der Waals surface area (Å²) in [6, 6.07) is 3.26. The van der Waals surface area contributed by atoms with E-state index < -0.39 is 17.5 Å². The van der Waals surface area contributed by atoms with Gasteiger partial charge >= 0.3 is 0 Å². The van der Waals surface area contributed by atoms with Gasteiger partial charge in [0.05, 0.1) is 5.69 Å². The lowest BCUT2D eigenvalue weighted by Gasteiger charge is -2.06. The van der Waals surface area contributed by atoms with Crippen molar-refractivity contribution in [3.63, 3.8) is 0 Å². The predicted octanol–water partition coefficient (Wildman–Crippen LogP) is 4.85. The average Bonchev–Trinajstić information content (AvgIpc) is 2.62. The minimum Gasteiger partial charge on any atom is -0.378 e. The SMILES string of the molecule is Cc1sc(CNc2cc(F)c(F)cc2F)cc1Br. The molecular weight excluding hydrogens is 327 g/mol. The van der Waals surface area contributed by atoms with Crippen molar-refractivity contribution < 1.29 is 13.2 Å². The van der Waals surface area contributed by atoms with Crippen molar-refractivity contribution in [1.82, 2.24) is 0 Å². The van der Waals surface area contributed by atoms with E-state index in [0.717, 1.165) is 20.3 Å². The van der Waals surface area contributed by atoms with E-state index in [2.05, 4.69) is 21.2 Å². The molecule has 96 valence electrons. The first kappa shape index (κ1) is 13.4. The molecule has 6 heteroatoms. The number of thiophene rings is 1. The van der Waals surface area contributed by atoms with E-state index in [1.54, 1.807) is 11.3 Å². The Labute approximate surface area is 115 Å². The topological polar surface area (TPSA) is 12.0 Å². The van der Waals surface area contributed by atoms with Gasteiger partial charge < -0.3 is 5.32 Å². The highest BCUT2D eigenvalue weighted by Gasteiger charge is 2.10. The fourth-order valence-corrected chi connectivity index (χ4v) is 2.99. The summed E-state index contributed by atoms with van der Waals surface area (Å²) >= 11 is 4.92. The Kier molecular flexibility index (Phi) is 3.97. The van der Waals surface area contributed by atoms with Crippen molar-refractivity contribution in [3.05, 3.63) is 49.9 Å². The van der Waals surface area contributed by atoms with Gasteiger partial charge in [0.1, 0.15) is 5.82 Å². The highest BCUT2D eigenvalue weighted by molar-refractivity contribution is 9.10. The Morgan fingerprint density at radius 3 is 2.39 bits per heavy atom. The van der Waals surface area contributed by atoms with Gasteiger partial charge in [-0.25, -0.2) is 13.2 Å². The molecule has 0 unspecified atom stereocenters. The van der Waals surface area contributed by atoms with Gasteiger partial charge in [0.15, 0.2) is 11.6 Å². The molecular formula is C12H9BrF3NS. The molecule has 0 radical (unpaired) electrons. The summed E-state index contributed by atoms with van der Waals surface area (Å²) in [4.78, 5) is 2.08. The maximum absolute atomic E-state index is 13.3. The van der Waals surface area contributed by atoms with Crippen LogP contribution in [0.15, 0.2) is 22.7 Å². The van der Waals surface area contributed by atoms with E-state index in [0.29, 0.717) is 12.6 Å². The molecule has 2 rings (SSSR count). The van der Waals surface area contributed by atoms with Gasteiger partial charge in [0.2, 0.25) is 0 Å². The zero-order chi connectivity index (χ0) is 13.3. The van der Waals surface area contributed by atoms with E-state index in [1.165, 1.54) is 0 Å². The van der Waals surface area contributed by atoms with Crippen LogP contribution in [0, 0.1) is 24.4 Å². The summed E-state index contributed by atoms with van der Waals surface area (Å²) in [7, 11) is 0. The van der Waals surface area contributed by atoms with E-state index in [-0.39, 0.29) is 5.69 Å². The van der Waals surface area contributed by atoms with Gasteiger partial charge in [0, 0.05) is 32.9 Å². The Hall–Kier alpha value is -1.01. The summed E-state index contributed by atoms with van der Waals surface area (Å²) in [6.07, 6.45) is 0. The van der Waals surface area contributed by atoms with Crippen molar-refractivity contribution in [2.45, 2.75) is 13.5 Å². The van der Waals surface area contributed by atoms with E-state index in [1.807, 2.05) is 13.0 Å². The standard InChI is InChI=1S/C12H9BrF3NS/c1-6-8(13)2-7(18-6)5-17-12-4-10(15)9(14)3-11(12)16/h2-4,17H,5H2,1H3. The van der Waals surface area contributed by atoms with Gasteiger partial charge in [-0.2, -0.15) is 0 Å². The number of nitrogens with one attached hydrogen (secondary N) is 1. The van der Waals surface area contributed by atoms with Crippen LogP contribution in [0.2, 0.25) is 0 Å². The second-order valence-electron chi connectivity index (χ2n) is 3.72. The molecule has 0 aliphatic heterocycles. The van der Waals surface area contributed by atoms with Crippen molar-refractivity contribution in [1.29, 1.82) is 0 Å². The summed E-state index contributed by atoms with van der Waals surface area (Å²) in [5.41, 5.74) is -0.0453. The molecule has 0 saturated heterocycles. The van der Waals surface area contributed by atoms with Crippen LogP contribution < -0.4 is 5.32 Å². The number of halogens is 4. The van der Waals surface area contributed by atoms with Gasteiger partial charge in [-0.05, 0) is 28.9 Å². The highest BCUT2D eigenvalue weighted by Crippen LogP contribution is 2.27. The normalized spacial score (nSPS) is 10.7. The second-order valence-corrected chi connectivity index (χ2v) is 5.91. The molecule has 1 N–H and O–H groups in total. The lowest BCUT2D eigenvalue weighted by Crippen LogP contribution is -2.01. The van der Waals surface area contributed by atoms with Crippen molar-refractivity contribution in [2.24, 2.45) is 0 Å². The number of hydrogen-bond donors (Lipinski definition) is 1. The second kappa shape index (κ2) is 5.32. The zero-order valence-corrected chi connectivity index (χ0v) is 11.8. The summed E-state index contributed by atoms with van der Waals surface area (Å²) in [5, 5.41) is 2.75. The number of benzene rings is 1. The van der Waals surface area contributed by atoms with E-state index in [9.17, 15) is 13.2 Å². The Morgan fingerprint density at radius 2 is 1.78 bits per heavy atom. The zero-order valence-electron chi connectivity index (χ0n) is 9.36. The molecule has 2 aromatic rings. The molecule has 0 atom stereocenters. The van der Waals surface area contributed by atoms with Crippen LogP contribution in [0.1, 0.15) is 9.75 Å². The van der Waals surface area contributed by atoms with Gasteiger partial charge in [-0.15, -0.1) is 11.3 Å². The molecule has 0 spiro atoms. The Balaban J connectivity index is 2.13. The van der Waals surface area contributed by atoms with Gasteiger partial charge in [-0.1, -0.05) is 0 Å². The minimum absolute atomic E-state index is 0.0453. The maximum atomic E-state index is 13.3. The number of hydrogen-bond acceptors (Lipinski definition) is 2. The average molecular weight is 336 g/mol. The van der Waals surface area contributed by atoms with E-state index in [4.69, 9.17) is 0 Å². The molecule has 1 aromatic carbocycles. The molecule has 0 fully saturated rings. The third-order valence-electron chi connectivity index (χ3n) is 2.37. The first-order valence-corrected chi connectivity index (χ1v) is 6.71. The first-order valence-electron chi connectivity index (χ1n) is 5.10. The minimum atomic E-state index is -1.19. The molecule has 0 aliphatic rings. The molecule has 1 aromatic heterocycles. The largest absolute Gasteiger partial charge is 0.378 e. The smallest absolute Gasteiger partial charge is 0.161 e. The van der Waals surface area contributed by atoms with Gasteiger partial charge in [-0.3, -0.25) is 0 Å². The molecule has 1 nitrogen and oxygen atoms in total. The summed E-state index contributed by atoms with van der Waals surface area (Å²) in [6.45, 7) is 2.31. The first-order chi connectivity index (χ1) is 8.47. The fraction of sp³-hybridized carbons (Fsp3) is 0.167. The van der Waals surface area contributed by atoms with Crippen molar-refractivity contribution in [2.75, 3.05) is 5.32 Å². The Morgan fingerprint density at radius 1 is 1.11 bits per heavy atom. The molecule has 0 aliphatic carbocycles. The van der Waals surface area contributed by atoms with Crippen molar-refractivity contribution >= 4 is 33.0 Å². The van der Waals surface area contributed by atoms with Crippen LogP contribution >= 0.6 is 27.3 Å².